The fraction of sp³-hybridized carbons (Fsp3) is 0.469. The number of fused-ring (bicyclic) bond motifs is 1. The Morgan fingerprint density at radius 2 is 1.79 bits per heavy atom. The fourth-order valence-corrected chi connectivity index (χ4v) is 5.86. The highest BCUT2D eigenvalue weighted by atomic mass is 35.5. The number of allylic oxidation sites excluding steroid dienone is 7. The van der Waals surface area contributed by atoms with Gasteiger partial charge in [0.15, 0.2) is 0 Å². The van der Waals surface area contributed by atoms with E-state index in [1.54, 1.807) is 6.07 Å². The number of anilines is 1. The number of carbonyl (C=O) groups is 2. The predicted octanol–water partition coefficient (Wildman–Crippen LogP) is 7.87. The van der Waals surface area contributed by atoms with Crippen molar-refractivity contribution in [1.82, 2.24) is 0 Å². The first-order valence-corrected chi connectivity index (χ1v) is 14.2. The number of benzene rings is 1. The summed E-state index contributed by atoms with van der Waals surface area (Å²) in [5.41, 5.74) is 4.82. The van der Waals surface area contributed by atoms with Gasteiger partial charge in [0.2, 0.25) is 0 Å². The molecule has 1 unspecified atom stereocenters. The van der Waals surface area contributed by atoms with Gasteiger partial charge in [0, 0.05) is 34.8 Å². The summed E-state index contributed by atoms with van der Waals surface area (Å²) in [6.45, 7) is 7.45. The van der Waals surface area contributed by atoms with Gasteiger partial charge >= 0.3 is 11.9 Å². The molecular formula is C32H39ClN2O4. The van der Waals surface area contributed by atoms with Gasteiger partial charge in [0.25, 0.3) is 0 Å². The van der Waals surface area contributed by atoms with E-state index in [1.165, 1.54) is 23.0 Å². The molecule has 208 valence electrons. The minimum absolute atomic E-state index is 0.204. The highest BCUT2D eigenvalue weighted by Crippen LogP contribution is 2.48. The number of aliphatic carboxylic acids is 2. The van der Waals surface area contributed by atoms with Gasteiger partial charge in [0.05, 0.1) is 0 Å². The Bertz CT molecular complexity index is 1250. The van der Waals surface area contributed by atoms with Gasteiger partial charge in [-0.05, 0) is 66.5 Å². The van der Waals surface area contributed by atoms with Crippen molar-refractivity contribution in [2.24, 2.45) is 5.92 Å². The molecule has 0 amide bonds. The first-order valence-electron chi connectivity index (χ1n) is 13.8. The maximum Gasteiger partial charge on any atom is 0.346 e. The molecule has 2 aliphatic rings. The second kappa shape index (κ2) is 13.7. The molecule has 1 atom stereocenters. The molecule has 0 saturated carbocycles. The van der Waals surface area contributed by atoms with E-state index in [0.717, 1.165) is 57.1 Å². The number of carboxylic acid groups (broad SMARTS) is 2. The topological polar surface area (TPSA) is 102 Å². The summed E-state index contributed by atoms with van der Waals surface area (Å²) >= 11 is 6.81. The van der Waals surface area contributed by atoms with E-state index in [0.29, 0.717) is 22.9 Å². The molecule has 1 aromatic carbocycles. The number of para-hydroxylation sites is 1. The Balaban J connectivity index is 1.90. The van der Waals surface area contributed by atoms with Crippen LogP contribution in [0, 0.1) is 17.2 Å². The van der Waals surface area contributed by atoms with Gasteiger partial charge in [-0.15, -0.1) is 0 Å². The number of halogens is 1. The molecule has 0 bridgehead atoms. The number of nitrogens with zero attached hydrogens (tertiary/aromatic N) is 2. The van der Waals surface area contributed by atoms with Gasteiger partial charge in [-0.3, -0.25) is 4.79 Å². The van der Waals surface area contributed by atoms with Crippen molar-refractivity contribution in [2.75, 3.05) is 11.4 Å². The van der Waals surface area contributed by atoms with Crippen LogP contribution in [0.15, 0.2) is 69.9 Å². The average molecular weight is 551 g/mol. The summed E-state index contributed by atoms with van der Waals surface area (Å²) in [5, 5.41) is 28.0. The van der Waals surface area contributed by atoms with Crippen LogP contribution in [0.5, 0.6) is 0 Å². The Morgan fingerprint density at radius 3 is 2.46 bits per heavy atom. The quantitative estimate of drug-likeness (QED) is 0.156. The van der Waals surface area contributed by atoms with Crippen molar-refractivity contribution < 1.29 is 19.8 Å². The molecule has 7 heteroatoms. The number of unbranched alkanes of at least 4 members (excludes halogenated alkanes) is 4. The normalized spacial score (nSPS) is 20.8. The van der Waals surface area contributed by atoms with E-state index in [4.69, 9.17) is 16.7 Å². The smallest absolute Gasteiger partial charge is 0.346 e. The molecule has 0 spiro atoms. The van der Waals surface area contributed by atoms with Crippen LogP contribution in [0.4, 0.5) is 5.69 Å². The third kappa shape index (κ3) is 7.42. The largest absolute Gasteiger partial charge is 0.481 e. The number of nitriles is 1. The van der Waals surface area contributed by atoms with Gasteiger partial charge in [-0.1, -0.05) is 82.3 Å². The Hall–Kier alpha value is -3.30. The minimum atomic E-state index is -1.25. The van der Waals surface area contributed by atoms with E-state index in [-0.39, 0.29) is 17.4 Å². The maximum atomic E-state index is 11.4. The molecule has 39 heavy (non-hydrogen) atoms. The lowest BCUT2D eigenvalue weighted by Gasteiger charge is -2.28. The monoisotopic (exact) mass is 550 g/mol. The standard InChI is InChI=1S/C32H39ClN2O4/c1-4-22-18-23(30(33)24(19-22)20-25(21-34)31(38)39)15-16-28-32(2,3)26-12-9-10-13-27(26)35(28)17-11-7-5-6-8-14-29(36)37/h9-10,12-13,15-16,20,22H,4-8,11,14,17-19H2,1-3H3,(H,36,37)(H,38,39)/b23-15-,25-20-,28-16-. The van der Waals surface area contributed by atoms with Gasteiger partial charge in [0.1, 0.15) is 11.6 Å². The summed E-state index contributed by atoms with van der Waals surface area (Å²) in [7, 11) is 0. The zero-order valence-corrected chi connectivity index (χ0v) is 23.9. The lowest BCUT2D eigenvalue weighted by atomic mass is 9.82. The molecule has 0 fully saturated rings. The molecule has 1 heterocycles. The third-order valence-corrected chi connectivity index (χ3v) is 8.33. The van der Waals surface area contributed by atoms with E-state index in [2.05, 4.69) is 62.1 Å². The Labute approximate surface area is 237 Å². The summed E-state index contributed by atoms with van der Waals surface area (Å²) in [4.78, 5) is 24.6. The molecule has 0 aromatic heterocycles. The van der Waals surface area contributed by atoms with Crippen LogP contribution in [0.3, 0.4) is 0 Å². The van der Waals surface area contributed by atoms with E-state index < -0.39 is 11.9 Å². The molecule has 1 aliphatic heterocycles. The second-order valence-electron chi connectivity index (χ2n) is 10.9. The van der Waals surface area contributed by atoms with Crippen LogP contribution in [0.25, 0.3) is 0 Å². The van der Waals surface area contributed by atoms with Crippen molar-refractivity contribution >= 4 is 29.2 Å². The van der Waals surface area contributed by atoms with Crippen LogP contribution in [-0.2, 0) is 15.0 Å². The lowest BCUT2D eigenvalue weighted by Crippen LogP contribution is -2.27. The number of hydrogen-bond donors (Lipinski definition) is 2. The first-order chi connectivity index (χ1) is 18.6. The van der Waals surface area contributed by atoms with E-state index >= 15 is 0 Å². The van der Waals surface area contributed by atoms with Crippen molar-refractivity contribution in [3.8, 4) is 6.07 Å². The van der Waals surface area contributed by atoms with Crippen LogP contribution in [-0.4, -0.2) is 28.7 Å². The Kier molecular flexibility index (Phi) is 10.6. The lowest BCUT2D eigenvalue weighted by molar-refractivity contribution is -0.137. The van der Waals surface area contributed by atoms with Gasteiger partial charge in [-0.25, -0.2) is 4.79 Å². The van der Waals surface area contributed by atoms with Crippen LogP contribution >= 0.6 is 11.6 Å². The number of carboxylic acids is 2. The summed E-state index contributed by atoms with van der Waals surface area (Å²) in [6, 6.07) is 10.2. The number of hydrogen-bond acceptors (Lipinski definition) is 4. The predicted molar refractivity (Wildman–Crippen MR) is 156 cm³/mol. The second-order valence-corrected chi connectivity index (χ2v) is 11.3. The van der Waals surface area contributed by atoms with Crippen molar-refractivity contribution in [3.63, 3.8) is 0 Å². The molecule has 6 nitrogen and oxygen atoms in total. The average Bonchev–Trinajstić information content (AvgIpc) is 3.12. The van der Waals surface area contributed by atoms with Crippen LogP contribution < -0.4 is 4.90 Å². The van der Waals surface area contributed by atoms with Crippen LogP contribution in [0.1, 0.15) is 84.1 Å². The molecule has 3 rings (SSSR count). The summed E-state index contributed by atoms with van der Waals surface area (Å²) < 4.78 is 0. The molecule has 1 aliphatic carbocycles. The summed E-state index contributed by atoms with van der Waals surface area (Å²) in [6.07, 6.45) is 13.0. The SMILES string of the molecule is CCC1CC(/C=C(/C#N)C(=O)O)=C(Cl)C(=C\C=C2/N(CCCCCCCC(=O)O)c3ccccc3C2(C)C)/C1. The van der Waals surface area contributed by atoms with Crippen molar-refractivity contribution in [3.05, 3.63) is 75.5 Å². The summed E-state index contributed by atoms with van der Waals surface area (Å²) in [5.74, 6) is -1.66. The maximum absolute atomic E-state index is 11.4. The number of rotatable bonds is 12. The molecule has 2 N–H and O–H groups in total. The first kappa shape index (κ1) is 30.2. The zero-order valence-electron chi connectivity index (χ0n) is 23.2. The van der Waals surface area contributed by atoms with E-state index in [9.17, 15) is 20.0 Å². The highest BCUT2D eigenvalue weighted by molar-refractivity contribution is 6.32. The highest BCUT2D eigenvalue weighted by Gasteiger charge is 2.39. The molecule has 0 radical (unpaired) electrons. The van der Waals surface area contributed by atoms with Gasteiger partial charge in [-0.2, -0.15) is 5.26 Å². The molecule has 0 saturated heterocycles. The fourth-order valence-electron chi connectivity index (χ4n) is 5.59. The van der Waals surface area contributed by atoms with Crippen LogP contribution in [0.2, 0.25) is 0 Å². The van der Waals surface area contributed by atoms with Crippen molar-refractivity contribution in [1.29, 1.82) is 5.26 Å². The zero-order chi connectivity index (χ0) is 28.6. The molecular weight excluding hydrogens is 512 g/mol. The molecule has 1 aromatic rings. The van der Waals surface area contributed by atoms with Gasteiger partial charge < -0.3 is 15.1 Å². The Morgan fingerprint density at radius 1 is 1.10 bits per heavy atom. The van der Waals surface area contributed by atoms with Crippen molar-refractivity contribution in [2.45, 2.75) is 84.0 Å². The third-order valence-electron chi connectivity index (χ3n) is 7.84. The minimum Gasteiger partial charge on any atom is -0.481 e. The van der Waals surface area contributed by atoms with E-state index in [1.807, 2.05) is 0 Å².